The lowest BCUT2D eigenvalue weighted by molar-refractivity contribution is -0.125. The molecule has 38 heavy (non-hydrogen) atoms. The summed E-state index contributed by atoms with van der Waals surface area (Å²) in [5.41, 5.74) is 5.46. The lowest BCUT2D eigenvalue weighted by Gasteiger charge is -2.17. The molecule has 0 aromatic heterocycles. The summed E-state index contributed by atoms with van der Waals surface area (Å²) in [5.74, 6) is 0.0925. The van der Waals surface area contributed by atoms with E-state index in [1.807, 2.05) is 31.2 Å². The summed E-state index contributed by atoms with van der Waals surface area (Å²) in [6.45, 7) is 1.97. The molecule has 1 saturated heterocycles. The van der Waals surface area contributed by atoms with Crippen LogP contribution in [0.2, 0.25) is 0 Å². The lowest BCUT2D eigenvalue weighted by Crippen LogP contribution is -2.45. The van der Waals surface area contributed by atoms with E-state index < -0.39 is 11.8 Å². The number of rotatable bonds is 8. The quantitative estimate of drug-likeness (QED) is 0.445. The molecular formula is C27H26N4O6S. The van der Waals surface area contributed by atoms with Gasteiger partial charge in [-0.25, -0.2) is 4.99 Å². The van der Waals surface area contributed by atoms with Gasteiger partial charge in [0.15, 0.2) is 16.7 Å². The molecule has 0 spiro atoms. The number of amides is 3. The summed E-state index contributed by atoms with van der Waals surface area (Å²) in [7, 11) is 4.41. The fraction of sp³-hybridized carbons (Fsp3) is 0.185. The van der Waals surface area contributed by atoms with Gasteiger partial charge in [-0.1, -0.05) is 29.5 Å². The summed E-state index contributed by atoms with van der Waals surface area (Å²) >= 11 is 1.25. The number of nitrogens with zero attached hydrogens (tertiary/aromatic N) is 2. The summed E-state index contributed by atoms with van der Waals surface area (Å²) < 4.78 is 15.9. The Bertz CT molecular complexity index is 1360. The summed E-state index contributed by atoms with van der Waals surface area (Å²) in [4.78, 5) is 42.5. The minimum absolute atomic E-state index is 0.177. The zero-order chi connectivity index (χ0) is 27.2. The second kappa shape index (κ2) is 11.7. The zero-order valence-electron chi connectivity index (χ0n) is 21.2. The molecule has 3 aromatic carbocycles. The van der Waals surface area contributed by atoms with Crippen LogP contribution in [0.25, 0.3) is 0 Å². The number of hydrogen-bond acceptors (Lipinski definition) is 8. The van der Waals surface area contributed by atoms with Gasteiger partial charge in [-0.2, -0.15) is 5.01 Å². The number of thioether (sulfide) groups is 1. The molecule has 4 rings (SSSR count). The van der Waals surface area contributed by atoms with Gasteiger partial charge in [0.1, 0.15) is 0 Å². The largest absolute Gasteiger partial charge is 0.493 e. The van der Waals surface area contributed by atoms with Gasteiger partial charge in [0.25, 0.3) is 17.7 Å². The highest BCUT2D eigenvalue weighted by atomic mass is 32.2. The van der Waals surface area contributed by atoms with Crippen molar-refractivity contribution in [1.29, 1.82) is 0 Å². The fourth-order valence-corrected chi connectivity index (χ4v) is 4.40. The van der Waals surface area contributed by atoms with Gasteiger partial charge < -0.3 is 19.5 Å². The third-order valence-corrected chi connectivity index (χ3v) is 6.49. The first-order valence-corrected chi connectivity index (χ1v) is 12.4. The van der Waals surface area contributed by atoms with Crippen LogP contribution in [-0.2, 0) is 4.79 Å². The van der Waals surface area contributed by atoms with Crippen molar-refractivity contribution in [3.8, 4) is 17.2 Å². The minimum atomic E-state index is -0.486. The van der Waals surface area contributed by atoms with Crippen LogP contribution in [0.5, 0.6) is 17.2 Å². The Morgan fingerprint density at radius 2 is 1.50 bits per heavy atom. The monoisotopic (exact) mass is 534 g/mol. The molecule has 1 aliphatic heterocycles. The standard InChI is InChI=1S/C27H26N4O6S/c1-16-5-9-20(10-6-16)29-27-31(23(32)15-38-27)30-26(34)17-7-11-19(12-8-17)28-25(33)18-13-21(35-2)24(37-4)22(14-18)36-3/h5-14H,15H2,1-4H3,(H,28,33)(H,30,34). The van der Waals surface area contributed by atoms with Crippen LogP contribution in [0.15, 0.2) is 65.7 Å². The number of hydrazine groups is 1. The van der Waals surface area contributed by atoms with Crippen LogP contribution >= 0.6 is 11.8 Å². The van der Waals surface area contributed by atoms with Gasteiger partial charge in [-0.05, 0) is 55.5 Å². The Morgan fingerprint density at radius 1 is 0.868 bits per heavy atom. The van der Waals surface area contributed by atoms with Crippen LogP contribution in [0.3, 0.4) is 0 Å². The third kappa shape index (κ3) is 5.89. The molecule has 1 aliphatic rings. The summed E-state index contributed by atoms with van der Waals surface area (Å²) in [6.07, 6.45) is 0. The van der Waals surface area contributed by atoms with Crippen LogP contribution in [0, 0.1) is 6.92 Å². The number of nitrogens with one attached hydrogen (secondary N) is 2. The van der Waals surface area contributed by atoms with Gasteiger partial charge >= 0.3 is 0 Å². The second-order valence-corrected chi connectivity index (χ2v) is 9.08. The van der Waals surface area contributed by atoms with Crippen molar-refractivity contribution >= 4 is 46.0 Å². The molecule has 10 nitrogen and oxygen atoms in total. The molecular weight excluding hydrogens is 508 g/mol. The summed E-state index contributed by atoms with van der Waals surface area (Å²) in [6, 6.07) is 16.9. The Hall–Kier alpha value is -4.51. The Labute approximate surface area is 223 Å². The Kier molecular flexibility index (Phi) is 8.17. The van der Waals surface area contributed by atoms with E-state index >= 15 is 0 Å². The molecule has 2 N–H and O–H groups in total. The first kappa shape index (κ1) is 26.6. The van der Waals surface area contributed by atoms with Crippen molar-refractivity contribution in [1.82, 2.24) is 10.4 Å². The second-order valence-electron chi connectivity index (χ2n) is 8.13. The van der Waals surface area contributed by atoms with Crippen molar-refractivity contribution in [2.75, 3.05) is 32.4 Å². The van der Waals surface area contributed by atoms with Gasteiger partial charge in [0.05, 0.1) is 32.8 Å². The van der Waals surface area contributed by atoms with Gasteiger partial charge in [0.2, 0.25) is 5.75 Å². The predicted octanol–water partition coefficient (Wildman–Crippen LogP) is 4.18. The number of carbonyl (C=O) groups is 3. The molecule has 0 aliphatic carbocycles. The number of anilines is 1. The third-order valence-electron chi connectivity index (χ3n) is 5.57. The molecule has 11 heteroatoms. The van der Waals surface area contributed by atoms with E-state index in [0.29, 0.717) is 44.9 Å². The van der Waals surface area contributed by atoms with Gasteiger partial charge in [-0.15, -0.1) is 0 Å². The number of ether oxygens (including phenoxy) is 3. The van der Waals surface area contributed by atoms with Crippen LogP contribution in [0.1, 0.15) is 26.3 Å². The molecule has 0 bridgehead atoms. The first-order valence-electron chi connectivity index (χ1n) is 11.5. The van der Waals surface area contributed by atoms with E-state index in [1.165, 1.54) is 33.1 Å². The number of hydrogen-bond donors (Lipinski definition) is 2. The van der Waals surface area contributed by atoms with Crippen molar-refractivity contribution in [2.45, 2.75) is 6.92 Å². The van der Waals surface area contributed by atoms with E-state index in [0.717, 1.165) is 10.6 Å². The number of carbonyl (C=O) groups excluding carboxylic acids is 3. The van der Waals surface area contributed by atoms with Crippen molar-refractivity contribution in [2.24, 2.45) is 4.99 Å². The Morgan fingerprint density at radius 3 is 2.08 bits per heavy atom. The van der Waals surface area contributed by atoms with E-state index in [-0.39, 0.29) is 11.7 Å². The van der Waals surface area contributed by atoms with Crippen molar-refractivity contribution in [3.63, 3.8) is 0 Å². The molecule has 1 fully saturated rings. The molecule has 3 amide bonds. The van der Waals surface area contributed by atoms with E-state index in [4.69, 9.17) is 14.2 Å². The van der Waals surface area contributed by atoms with E-state index in [9.17, 15) is 14.4 Å². The maximum absolute atomic E-state index is 12.8. The number of aliphatic imine (C=N–C) groups is 1. The maximum atomic E-state index is 12.8. The van der Waals surface area contributed by atoms with Gasteiger partial charge in [-0.3, -0.25) is 19.8 Å². The van der Waals surface area contributed by atoms with Crippen LogP contribution in [-0.4, -0.2) is 55.0 Å². The number of methoxy groups -OCH3 is 3. The van der Waals surface area contributed by atoms with Crippen molar-refractivity contribution < 1.29 is 28.6 Å². The minimum Gasteiger partial charge on any atom is -0.493 e. The number of aryl methyl sites for hydroxylation is 1. The highest BCUT2D eigenvalue weighted by molar-refractivity contribution is 8.15. The maximum Gasteiger partial charge on any atom is 0.270 e. The fourth-order valence-electron chi connectivity index (χ4n) is 3.57. The highest BCUT2D eigenvalue weighted by Gasteiger charge is 2.30. The molecule has 0 unspecified atom stereocenters. The normalized spacial score (nSPS) is 13.8. The summed E-state index contributed by atoms with van der Waals surface area (Å²) in [5, 5.41) is 4.32. The number of benzene rings is 3. The smallest absolute Gasteiger partial charge is 0.270 e. The van der Waals surface area contributed by atoms with Gasteiger partial charge in [0, 0.05) is 16.8 Å². The van der Waals surface area contributed by atoms with Crippen molar-refractivity contribution in [3.05, 3.63) is 77.4 Å². The highest BCUT2D eigenvalue weighted by Crippen LogP contribution is 2.38. The zero-order valence-corrected chi connectivity index (χ0v) is 22.0. The molecule has 0 saturated carbocycles. The lowest BCUT2D eigenvalue weighted by atomic mass is 10.1. The van der Waals surface area contributed by atoms with E-state index in [2.05, 4.69) is 15.7 Å². The first-order chi connectivity index (χ1) is 18.3. The average molecular weight is 535 g/mol. The SMILES string of the molecule is COc1cc(C(=O)Nc2ccc(C(=O)NN3C(=O)CSC3=Nc3ccc(C)cc3)cc2)cc(OC)c1OC. The molecule has 1 heterocycles. The number of amidine groups is 1. The topological polar surface area (TPSA) is 119 Å². The average Bonchev–Trinajstić information content (AvgIpc) is 3.27. The van der Waals surface area contributed by atoms with E-state index in [1.54, 1.807) is 36.4 Å². The molecule has 0 radical (unpaired) electrons. The Balaban J connectivity index is 1.44. The van der Waals surface area contributed by atoms with Crippen LogP contribution < -0.4 is 25.0 Å². The molecule has 0 atom stereocenters. The van der Waals surface area contributed by atoms with Crippen LogP contribution in [0.4, 0.5) is 11.4 Å². The molecule has 196 valence electrons. The predicted molar refractivity (Wildman–Crippen MR) is 146 cm³/mol. The molecule has 3 aromatic rings.